The number of aromatic nitrogens is 2. The number of aryl methyl sites for hydroxylation is 1. The topological polar surface area (TPSA) is 119 Å². The van der Waals surface area contributed by atoms with Crippen LogP contribution in [0, 0.1) is 17.0 Å². The Morgan fingerprint density at radius 3 is 2.38 bits per heavy atom. The van der Waals surface area contributed by atoms with Gasteiger partial charge in [-0.05, 0) is 19.8 Å². The zero-order valence-corrected chi connectivity index (χ0v) is 12.3. The molecule has 8 nitrogen and oxygen atoms in total. The lowest BCUT2D eigenvalue weighted by atomic mass is 9.97. The molecule has 0 aromatic carbocycles. The average Bonchev–Trinajstić information content (AvgIpc) is 2.40. The minimum absolute atomic E-state index is 0.0731. The van der Waals surface area contributed by atoms with Crippen molar-refractivity contribution in [3.8, 4) is 0 Å². The molecule has 0 saturated heterocycles. The Morgan fingerprint density at radius 1 is 1.19 bits per heavy atom. The predicted octanol–water partition coefficient (Wildman–Crippen LogP) is 2.50. The van der Waals surface area contributed by atoms with Crippen molar-refractivity contribution in [1.29, 1.82) is 0 Å². The van der Waals surface area contributed by atoms with Gasteiger partial charge in [-0.1, -0.05) is 32.1 Å². The highest BCUT2D eigenvalue weighted by atomic mass is 16.6. The van der Waals surface area contributed by atoms with E-state index < -0.39 is 4.92 Å². The monoisotopic (exact) mass is 294 g/mol. The fraction of sp³-hybridized carbons (Fsp3) is 0.692. The highest BCUT2D eigenvalue weighted by molar-refractivity contribution is 5.61. The fourth-order valence-electron chi connectivity index (χ4n) is 2.74. The summed E-state index contributed by atoms with van der Waals surface area (Å²) >= 11 is 0. The summed E-state index contributed by atoms with van der Waals surface area (Å²) in [5.74, 6) is 5.76. The SMILES string of the molecule is Cc1nc(NN)nc(NC2CCCCCCC2)c1[N+](=O)[O-]. The van der Waals surface area contributed by atoms with Gasteiger partial charge in [-0.15, -0.1) is 0 Å². The molecule has 1 aliphatic rings. The standard InChI is InChI=1S/C13H22N6O2/c1-9-11(19(20)21)12(17-13(15-9)18-14)16-10-7-5-3-2-4-6-8-10/h10H,2-8,14H2,1H3,(H2,15,16,17,18). The molecule has 0 amide bonds. The Morgan fingerprint density at radius 2 is 1.81 bits per heavy atom. The Kier molecular flexibility index (Phi) is 5.26. The van der Waals surface area contributed by atoms with E-state index in [1.165, 1.54) is 19.3 Å². The minimum Gasteiger partial charge on any atom is -0.361 e. The Bertz CT molecular complexity index is 500. The molecule has 1 fully saturated rings. The minimum atomic E-state index is -0.444. The fourth-order valence-corrected chi connectivity index (χ4v) is 2.74. The summed E-state index contributed by atoms with van der Waals surface area (Å²) < 4.78 is 0. The van der Waals surface area contributed by atoms with E-state index in [1.807, 2.05) is 0 Å². The van der Waals surface area contributed by atoms with E-state index in [2.05, 4.69) is 20.7 Å². The van der Waals surface area contributed by atoms with E-state index in [1.54, 1.807) is 6.92 Å². The van der Waals surface area contributed by atoms with Crippen LogP contribution in [0.2, 0.25) is 0 Å². The zero-order chi connectivity index (χ0) is 15.2. The van der Waals surface area contributed by atoms with Crippen molar-refractivity contribution in [2.24, 2.45) is 5.84 Å². The Balaban J connectivity index is 2.23. The summed E-state index contributed by atoms with van der Waals surface area (Å²) in [5.41, 5.74) is 2.58. The molecule has 1 aromatic heterocycles. The smallest absolute Gasteiger partial charge is 0.332 e. The van der Waals surface area contributed by atoms with E-state index in [0.29, 0.717) is 5.69 Å². The van der Waals surface area contributed by atoms with Gasteiger partial charge in [0.25, 0.3) is 0 Å². The van der Waals surface area contributed by atoms with Crippen LogP contribution in [0.4, 0.5) is 17.5 Å². The third-order valence-electron chi connectivity index (χ3n) is 3.82. The maximum atomic E-state index is 11.2. The molecule has 0 aliphatic heterocycles. The van der Waals surface area contributed by atoms with E-state index >= 15 is 0 Å². The molecular formula is C13H22N6O2. The van der Waals surface area contributed by atoms with E-state index in [9.17, 15) is 10.1 Å². The van der Waals surface area contributed by atoms with E-state index in [-0.39, 0.29) is 23.5 Å². The lowest BCUT2D eigenvalue weighted by Crippen LogP contribution is -2.23. The molecule has 21 heavy (non-hydrogen) atoms. The van der Waals surface area contributed by atoms with Crippen LogP contribution in [0.25, 0.3) is 0 Å². The lowest BCUT2D eigenvalue weighted by molar-refractivity contribution is -0.385. The second-order valence-corrected chi connectivity index (χ2v) is 5.42. The third-order valence-corrected chi connectivity index (χ3v) is 3.82. The largest absolute Gasteiger partial charge is 0.361 e. The van der Waals surface area contributed by atoms with Crippen LogP contribution in [-0.2, 0) is 0 Å². The van der Waals surface area contributed by atoms with Crippen LogP contribution in [0.5, 0.6) is 0 Å². The van der Waals surface area contributed by atoms with Crippen molar-refractivity contribution in [3.05, 3.63) is 15.8 Å². The summed E-state index contributed by atoms with van der Waals surface area (Å²) in [4.78, 5) is 18.9. The molecule has 116 valence electrons. The number of nitrogens with two attached hydrogens (primary N) is 1. The van der Waals surface area contributed by atoms with Crippen molar-refractivity contribution in [2.75, 3.05) is 10.7 Å². The van der Waals surface area contributed by atoms with Crippen LogP contribution in [-0.4, -0.2) is 20.9 Å². The molecule has 0 radical (unpaired) electrons. The summed E-state index contributed by atoms with van der Waals surface area (Å²) in [6.45, 7) is 1.59. The van der Waals surface area contributed by atoms with Crippen LogP contribution >= 0.6 is 0 Å². The van der Waals surface area contributed by atoms with Gasteiger partial charge in [-0.25, -0.2) is 10.8 Å². The van der Waals surface area contributed by atoms with Gasteiger partial charge < -0.3 is 5.32 Å². The molecule has 0 bridgehead atoms. The number of nitrogen functional groups attached to an aromatic ring is 1. The van der Waals surface area contributed by atoms with Gasteiger partial charge in [0.15, 0.2) is 0 Å². The van der Waals surface area contributed by atoms with Crippen molar-refractivity contribution in [3.63, 3.8) is 0 Å². The quantitative estimate of drug-likeness (QED) is 0.443. The molecular weight excluding hydrogens is 272 g/mol. The summed E-state index contributed by atoms with van der Waals surface area (Å²) in [6.07, 6.45) is 8.00. The van der Waals surface area contributed by atoms with Crippen molar-refractivity contribution in [2.45, 2.75) is 57.9 Å². The molecule has 1 aromatic rings. The molecule has 2 rings (SSSR count). The lowest BCUT2D eigenvalue weighted by Gasteiger charge is -2.21. The zero-order valence-electron chi connectivity index (χ0n) is 12.3. The van der Waals surface area contributed by atoms with Gasteiger partial charge in [0.05, 0.1) is 4.92 Å². The van der Waals surface area contributed by atoms with Gasteiger partial charge in [-0.2, -0.15) is 4.98 Å². The Hall–Kier alpha value is -1.96. The van der Waals surface area contributed by atoms with Gasteiger partial charge in [0, 0.05) is 6.04 Å². The second kappa shape index (κ2) is 7.16. The number of nitrogens with one attached hydrogen (secondary N) is 2. The number of nitrogens with zero attached hydrogens (tertiary/aromatic N) is 3. The number of anilines is 2. The summed E-state index contributed by atoms with van der Waals surface area (Å²) in [5, 5.41) is 14.5. The number of rotatable bonds is 4. The number of hydrogen-bond donors (Lipinski definition) is 3. The molecule has 0 atom stereocenters. The van der Waals surface area contributed by atoms with Gasteiger partial charge in [-0.3, -0.25) is 15.5 Å². The first-order valence-corrected chi connectivity index (χ1v) is 7.38. The average molecular weight is 294 g/mol. The third kappa shape index (κ3) is 4.01. The van der Waals surface area contributed by atoms with E-state index in [4.69, 9.17) is 5.84 Å². The van der Waals surface area contributed by atoms with Crippen LogP contribution in [0.3, 0.4) is 0 Å². The highest BCUT2D eigenvalue weighted by Crippen LogP contribution is 2.29. The van der Waals surface area contributed by atoms with Crippen LogP contribution in [0.1, 0.15) is 50.6 Å². The van der Waals surface area contributed by atoms with Crippen LogP contribution < -0.4 is 16.6 Å². The van der Waals surface area contributed by atoms with Gasteiger partial charge in [0.1, 0.15) is 5.69 Å². The highest BCUT2D eigenvalue weighted by Gasteiger charge is 2.24. The number of nitro groups is 1. The van der Waals surface area contributed by atoms with Gasteiger partial charge in [0.2, 0.25) is 11.8 Å². The summed E-state index contributed by atoms with van der Waals surface area (Å²) in [7, 11) is 0. The van der Waals surface area contributed by atoms with Crippen LogP contribution in [0.15, 0.2) is 0 Å². The molecule has 0 unspecified atom stereocenters. The van der Waals surface area contributed by atoms with Crippen molar-refractivity contribution >= 4 is 17.5 Å². The molecule has 1 saturated carbocycles. The Labute approximate surface area is 123 Å². The molecule has 1 heterocycles. The first-order chi connectivity index (χ1) is 10.1. The maximum absolute atomic E-state index is 11.2. The maximum Gasteiger partial charge on any atom is 0.332 e. The molecule has 8 heteroatoms. The van der Waals surface area contributed by atoms with Crippen molar-refractivity contribution in [1.82, 2.24) is 9.97 Å². The summed E-state index contributed by atoms with van der Waals surface area (Å²) in [6, 6.07) is 0.212. The molecule has 4 N–H and O–H groups in total. The number of hydrogen-bond acceptors (Lipinski definition) is 7. The predicted molar refractivity (Wildman–Crippen MR) is 81.0 cm³/mol. The van der Waals surface area contributed by atoms with Crippen molar-refractivity contribution < 1.29 is 4.92 Å². The number of hydrazine groups is 1. The first kappa shape index (κ1) is 15.4. The van der Waals surface area contributed by atoms with E-state index in [0.717, 1.165) is 25.7 Å². The first-order valence-electron chi connectivity index (χ1n) is 7.38. The normalized spacial score (nSPS) is 16.9. The second-order valence-electron chi connectivity index (χ2n) is 5.42. The van der Waals surface area contributed by atoms with Gasteiger partial charge >= 0.3 is 5.69 Å². The molecule has 0 spiro atoms. The molecule has 1 aliphatic carbocycles.